The predicted octanol–water partition coefficient (Wildman–Crippen LogP) is 3.63. The van der Waals surface area contributed by atoms with E-state index in [0.29, 0.717) is 10.8 Å². The Hall–Kier alpha value is -2.33. The number of nitrogen functional groups attached to an aromatic ring is 1. The number of hydrogen-bond donors (Lipinski definition) is 1. The first kappa shape index (κ1) is 12.7. The summed E-state index contributed by atoms with van der Waals surface area (Å²) in [5.74, 6) is 1.31. The lowest BCUT2D eigenvalue weighted by Gasteiger charge is -2.20. The van der Waals surface area contributed by atoms with Gasteiger partial charge in [0.2, 0.25) is 0 Å². The van der Waals surface area contributed by atoms with Gasteiger partial charge in [0.1, 0.15) is 11.6 Å². The minimum Gasteiger partial charge on any atom is -0.384 e. The molecule has 5 heteroatoms. The van der Waals surface area contributed by atoms with Crippen molar-refractivity contribution in [2.24, 2.45) is 0 Å². The molecule has 100 valence electrons. The fourth-order valence-corrected chi connectivity index (χ4v) is 2.33. The predicted molar refractivity (Wildman–Crippen MR) is 83.5 cm³/mol. The van der Waals surface area contributed by atoms with Crippen molar-refractivity contribution in [3.63, 3.8) is 0 Å². The second-order valence-corrected chi connectivity index (χ2v) is 4.93. The zero-order chi connectivity index (χ0) is 14.1. The van der Waals surface area contributed by atoms with Gasteiger partial charge in [-0.25, -0.2) is 9.97 Å². The number of hydrogen-bond acceptors (Lipinski definition) is 4. The maximum atomic E-state index is 6.09. The SMILES string of the molecule is CN(c1ccnc(N)c1)c1nccc2ccc(Cl)cc12. The lowest BCUT2D eigenvalue weighted by atomic mass is 10.1. The summed E-state index contributed by atoms with van der Waals surface area (Å²) in [6.45, 7) is 0. The Balaban J connectivity index is 2.16. The Morgan fingerprint density at radius 2 is 1.85 bits per heavy atom. The number of fused-ring (bicyclic) bond motifs is 1. The fraction of sp³-hybridized carbons (Fsp3) is 0.0667. The number of halogens is 1. The molecule has 2 aromatic heterocycles. The van der Waals surface area contributed by atoms with E-state index in [4.69, 9.17) is 17.3 Å². The number of anilines is 3. The van der Waals surface area contributed by atoms with Gasteiger partial charge in [0.25, 0.3) is 0 Å². The molecule has 2 N–H and O–H groups in total. The van der Waals surface area contributed by atoms with Gasteiger partial charge < -0.3 is 10.6 Å². The van der Waals surface area contributed by atoms with Gasteiger partial charge in [0.15, 0.2) is 0 Å². The highest BCUT2D eigenvalue weighted by atomic mass is 35.5. The zero-order valence-electron chi connectivity index (χ0n) is 10.9. The summed E-state index contributed by atoms with van der Waals surface area (Å²) in [7, 11) is 1.94. The third kappa shape index (κ3) is 2.26. The molecule has 0 atom stereocenters. The van der Waals surface area contributed by atoms with Crippen LogP contribution in [0.4, 0.5) is 17.3 Å². The summed E-state index contributed by atoms with van der Waals surface area (Å²) >= 11 is 6.09. The van der Waals surface area contributed by atoms with E-state index in [1.54, 1.807) is 12.4 Å². The fourth-order valence-electron chi connectivity index (χ4n) is 2.16. The largest absolute Gasteiger partial charge is 0.384 e. The van der Waals surface area contributed by atoms with E-state index in [1.807, 2.05) is 48.3 Å². The third-order valence-electron chi connectivity index (χ3n) is 3.18. The molecule has 0 radical (unpaired) electrons. The van der Waals surface area contributed by atoms with Crippen molar-refractivity contribution < 1.29 is 0 Å². The highest BCUT2D eigenvalue weighted by molar-refractivity contribution is 6.31. The van der Waals surface area contributed by atoms with Crippen LogP contribution in [0.15, 0.2) is 48.8 Å². The number of aromatic nitrogens is 2. The molecule has 3 rings (SSSR count). The van der Waals surface area contributed by atoms with E-state index < -0.39 is 0 Å². The van der Waals surface area contributed by atoms with E-state index >= 15 is 0 Å². The van der Waals surface area contributed by atoms with Crippen molar-refractivity contribution >= 4 is 39.7 Å². The van der Waals surface area contributed by atoms with Crippen LogP contribution in [0, 0.1) is 0 Å². The monoisotopic (exact) mass is 284 g/mol. The third-order valence-corrected chi connectivity index (χ3v) is 3.41. The van der Waals surface area contributed by atoms with Crippen molar-refractivity contribution in [1.29, 1.82) is 0 Å². The van der Waals surface area contributed by atoms with Crippen LogP contribution in [0.3, 0.4) is 0 Å². The van der Waals surface area contributed by atoms with Crippen molar-refractivity contribution in [3.8, 4) is 0 Å². The number of benzene rings is 1. The molecule has 2 heterocycles. The molecule has 0 bridgehead atoms. The standard InChI is InChI=1S/C15H13ClN4/c1-20(12-5-7-18-14(17)9-12)15-13-8-11(16)3-2-10(13)4-6-19-15/h2-9H,1H3,(H2,17,18). The van der Waals surface area contributed by atoms with Gasteiger partial charge in [-0.2, -0.15) is 0 Å². The summed E-state index contributed by atoms with van der Waals surface area (Å²) in [5, 5.41) is 2.78. The second kappa shape index (κ2) is 4.98. The summed E-state index contributed by atoms with van der Waals surface area (Å²) in [6, 6.07) is 11.4. The van der Waals surface area contributed by atoms with Crippen molar-refractivity contribution in [2.45, 2.75) is 0 Å². The molecule has 0 aliphatic heterocycles. The van der Waals surface area contributed by atoms with Crippen LogP contribution in [0.2, 0.25) is 5.02 Å². The van der Waals surface area contributed by atoms with Gasteiger partial charge in [0.05, 0.1) is 0 Å². The van der Waals surface area contributed by atoms with Gasteiger partial charge in [0, 0.05) is 41.6 Å². The Kier molecular flexibility index (Phi) is 3.16. The average Bonchev–Trinajstić information content (AvgIpc) is 2.46. The van der Waals surface area contributed by atoms with Gasteiger partial charge in [-0.15, -0.1) is 0 Å². The molecule has 0 unspecified atom stereocenters. The van der Waals surface area contributed by atoms with Crippen LogP contribution in [0.25, 0.3) is 10.8 Å². The summed E-state index contributed by atoms with van der Waals surface area (Å²) < 4.78 is 0. The van der Waals surface area contributed by atoms with Gasteiger partial charge in [-0.3, -0.25) is 0 Å². The molecular weight excluding hydrogens is 272 g/mol. The second-order valence-electron chi connectivity index (χ2n) is 4.50. The molecule has 1 aromatic carbocycles. The zero-order valence-corrected chi connectivity index (χ0v) is 11.7. The Morgan fingerprint density at radius 3 is 2.65 bits per heavy atom. The van der Waals surface area contributed by atoms with E-state index in [1.165, 1.54) is 0 Å². The minimum atomic E-state index is 0.479. The van der Waals surface area contributed by atoms with Crippen molar-refractivity contribution in [3.05, 3.63) is 53.8 Å². The van der Waals surface area contributed by atoms with E-state index in [9.17, 15) is 0 Å². The number of pyridine rings is 2. The molecule has 0 aliphatic carbocycles. The Morgan fingerprint density at radius 1 is 1.05 bits per heavy atom. The minimum absolute atomic E-state index is 0.479. The highest BCUT2D eigenvalue weighted by Gasteiger charge is 2.10. The normalized spacial score (nSPS) is 10.7. The summed E-state index contributed by atoms with van der Waals surface area (Å²) in [4.78, 5) is 10.4. The van der Waals surface area contributed by atoms with Crippen LogP contribution < -0.4 is 10.6 Å². The molecule has 3 aromatic rings. The maximum absolute atomic E-state index is 6.09. The molecule has 0 fully saturated rings. The number of rotatable bonds is 2. The Labute approximate surface area is 121 Å². The average molecular weight is 285 g/mol. The number of nitrogens with zero attached hydrogens (tertiary/aromatic N) is 3. The summed E-state index contributed by atoms with van der Waals surface area (Å²) in [6.07, 6.45) is 3.46. The van der Waals surface area contributed by atoms with Crippen LogP contribution in [0.1, 0.15) is 0 Å². The molecule has 4 nitrogen and oxygen atoms in total. The van der Waals surface area contributed by atoms with Gasteiger partial charge >= 0.3 is 0 Å². The van der Waals surface area contributed by atoms with Crippen LogP contribution in [-0.2, 0) is 0 Å². The molecule has 0 amide bonds. The number of nitrogens with two attached hydrogens (primary N) is 1. The maximum Gasteiger partial charge on any atom is 0.140 e. The topological polar surface area (TPSA) is 55.0 Å². The van der Waals surface area contributed by atoms with E-state index in [0.717, 1.165) is 22.3 Å². The van der Waals surface area contributed by atoms with Gasteiger partial charge in [-0.1, -0.05) is 17.7 Å². The molecule has 0 aliphatic rings. The molecule has 20 heavy (non-hydrogen) atoms. The summed E-state index contributed by atoms with van der Waals surface area (Å²) in [5.41, 5.74) is 6.66. The van der Waals surface area contributed by atoms with Crippen molar-refractivity contribution in [1.82, 2.24) is 9.97 Å². The molecule has 0 saturated heterocycles. The van der Waals surface area contributed by atoms with Crippen LogP contribution in [0.5, 0.6) is 0 Å². The quantitative estimate of drug-likeness (QED) is 0.781. The first-order valence-electron chi connectivity index (χ1n) is 6.15. The highest BCUT2D eigenvalue weighted by Crippen LogP contribution is 2.30. The lowest BCUT2D eigenvalue weighted by Crippen LogP contribution is -2.12. The van der Waals surface area contributed by atoms with Crippen molar-refractivity contribution in [2.75, 3.05) is 17.7 Å². The van der Waals surface area contributed by atoms with E-state index in [-0.39, 0.29) is 0 Å². The Bertz CT molecular complexity index is 773. The van der Waals surface area contributed by atoms with Crippen LogP contribution in [-0.4, -0.2) is 17.0 Å². The molecule has 0 spiro atoms. The first-order chi connectivity index (χ1) is 9.65. The molecule has 0 saturated carbocycles. The van der Waals surface area contributed by atoms with Crippen LogP contribution >= 0.6 is 11.6 Å². The smallest absolute Gasteiger partial charge is 0.140 e. The first-order valence-corrected chi connectivity index (χ1v) is 6.52. The molecular formula is C15H13ClN4. The lowest BCUT2D eigenvalue weighted by molar-refractivity contribution is 1.14. The van der Waals surface area contributed by atoms with E-state index in [2.05, 4.69) is 9.97 Å². The van der Waals surface area contributed by atoms with Gasteiger partial charge in [-0.05, 0) is 29.7 Å².